The molecule has 0 aliphatic heterocycles. The SMILES string of the molecule is CCC(C)c1nc2cc(-c3cccc(F)c3)ccc2c(=O)n1C. The van der Waals surface area contributed by atoms with Crippen LogP contribution in [0.25, 0.3) is 22.0 Å². The third kappa shape index (κ3) is 2.77. The summed E-state index contributed by atoms with van der Waals surface area (Å²) in [6.45, 7) is 4.13. The van der Waals surface area contributed by atoms with Gasteiger partial charge in [-0.2, -0.15) is 0 Å². The third-order valence-electron chi connectivity index (χ3n) is 4.32. The Balaban J connectivity index is 2.23. The molecule has 0 bridgehead atoms. The molecule has 0 radical (unpaired) electrons. The lowest BCUT2D eigenvalue weighted by Gasteiger charge is -2.14. The summed E-state index contributed by atoms with van der Waals surface area (Å²) in [4.78, 5) is 17.2. The van der Waals surface area contributed by atoms with E-state index < -0.39 is 0 Å². The molecule has 118 valence electrons. The van der Waals surface area contributed by atoms with Crippen LogP contribution >= 0.6 is 0 Å². The van der Waals surface area contributed by atoms with Gasteiger partial charge >= 0.3 is 0 Å². The van der Waals surface area contributed by atoms with Gasteiger partial charge in [-0.05, 0) is 41.8 Å². The van der Waals surface area contributed by atoms with Crippen molar-refractivity contribution in [3.05, 3.63) is 64.5 Å². The molecule has 1 atom stereocenters. The minimum atomic E-state index is -0.278. The molecule has 0 aliphatic rings. The van der Waals surface area contributed by atoms with Gasteiger partial charge in [-0.3, -0.25) is 9.36 Å². The number of fused-ring (bicyclic) bond motifs is 1. The molecular weight excluding hydrogens is 291 g/mol. The lowest BCUT2D eigenvalue weighted by Crippen LogP contribution is -2.23. The summed E-state index contributed by atoms with van der Waals surface area (Å²) in [5.74, 6) is 0.705. The number of aromatic nitrogens is 2. The zero-order valence-electron chi connectivity index (χ0n) is 13.5. The first-order chi connectivity index (χ1) is 11.0. The van der Waals surface area contributed by atoms with Crippen molar-refractivity contribution in [1.29, 1.82) is 0 Å². The van der Waals surface area contributed by atoms with Crippen molar-refractivity contribution in [2.45, 2.75) is 26.2 Å². The highest BCUT2D eigenvalue weighted by Crippen LogP contribution is 2.24. The Labute approximate surface area is 134 Å². The van der Waals surface area contributed by atoms with Crippen LogP contribution in [-0.2, 0) is 7.05 Å². The molecule has 0 saturated carbocycles. The van der Waals surface area contributed by atoms with Crippen LogP contribution in [0.3, 0.4) is 0 Å². The molecule has 0 amide bonds. The average molecular weight is 310 g/mol. The highest BCUT2D eigenvalue weighted by molar-refractivity contribution is 5.83. The zero-order valence-corrected chi connectivity index (χ0v) is 13.5. The van der Waals surface area contributed by atoms with E-state index >= 15 is 0 Å². The fraction of sp³-hybridized carbons (Fsp3) is 0.263. The zero-order chi connectivity index (χ0) is 16.6. The monoisotopic (exact) mass is 310 g/mol. The molecular formula is C19H19FN2O. The Morgan fingerprint density at radius 1 is 1.17 bits per heavy atom. The molecule has 0 spiro atoms. The van der Waals surface area contributed by atoms with Gasteiger partial charge in [-0.1, -0.05) is 32.0 Å². The van der Waals surface area contributed by atoms with Gasteiger partial charge in [0, 0.05) is 13.0 Å². The minimum absolute atomic E-state index is 0.0453. The van der Waals surface area contributed by atoms with Gasteiger partial charge in [0.05, 0.1) is 10.9 Å². The fourth-order valence-corrected chi connectivity index (χ4v) is 2.76. The third-order valence-corrected chi connectivity index (χ3v) is 4.32. The van der Waals surface area contributed by atoms with Crippen molar-refractivity contribution >= 4 is 10.9 Å². The molecule has 1 unspecified atom stereocenters. The van der Waals surface area contributed by atoms with Gasteiger partial charge in [-0.15, -0.1) is 0 Å². The Morgan fingerprint density at radius 2 is 1.91 bits per heavy atom. The maximum atomic E-state index is 13.4. The van der Waals surface area contributed by atoms with E-state index in [1.807, 2.05) is 18.2 Å². The van der Waals surface area contributed by atoms with Gasteiger partial charge in [0.15, 0.2) is 0 Å². The van der Waals surface area contributed by atoms with E-state index in [1.165, 1.54) is 12.1 Å². The van der Waals surface area contributed by atoms with E-state index in [2.05, 4.69) is 18.8 Å². The second kappa shape index (κ2) is 5.95. The molecule has 23 heavy (non-hydrogen) atoms. The van der Waals surface area contributed by atoms with Crippen molar-refractivity contribution < 1.29 is 4.39 Å². The number of hydrogen-bond donors (Lipinski definition) is 0. The summed E-state index contributed by atoms with van der Waals surface area (Å²) in [5, 5.41) is 0.583. The van der Waals surface area contributed by atoms with Crippen molar-refractivity contribution in [3.8, 4) is 11.1 Å². The molecule has 3 nitrogen and oxygen atoms in total. The summed E-state index contributed by atoms with van der Waals surface area (Å²) >= 11 is 0. The van der Waals surface area contributed by atoms with Gasteiger partial charge in [0.2, 0.25) is 0 Å². The molecule has 0 aliphatic carbocycles. The van der Waals surface area contributed by atoms with Crippen LogP contribution in [0.2, 0.25) is 0 Å². The number of nitrogens with zero attached hydrogens (tertiary/aromatic N) is 2. The molecule has 1 heterocycles. The first kappa shape index (κ1) is 15.4. The van der Waals surface area contributed by atoms with E-state index in [1.54, 1.807) is 23.7 Å². The number of benzene rings is 2. The summed E-state index contributed by atoms with van der Waals surface area (Å²) in [6, 6.07) is 11.9. The quantitative estimate of drug-likeness (QED) is 0.725. The Morgan fingerprint density at radius 3 is 2.61 bits per heavy atom. The van der Waals surface area contributed by atoms with Crippen LogP contribution in [0.15, 0.2) is 47.3 Å². The highest BCUT2D eigenvalue weighted by Gasteiger charge is 2.13. The smallest absolute Gasteiger partial charge is 0.261 e. The molecule has 2 aromatic carbocycles. The van der Waals surface area contributed by atoms with Crippen LogP contribution in [0.5, 0.6) is 0 Å². The van der Waals surface area contributed by atoms with E-state index in [-0.39, 0.29) is 17.3 Å². The maximum Gasteiger partial charge on any atom is 0.261 e. The summed E-state index contributed by atoms with van der Waals surface area (Å²) < 4.78 is 15.1. The molecule has 3 rings (SSSR count). The standard InChI is InChI=1S/C19H19FN2O/c1-4-12(2)18-21-17-11-14(13-6-5-7-15(20)10-13)8-9-16(17)19(23)22(18)3/h5-12H,4H2,1-3H3. The predicted molar refractivity (Wildman–Crippen MR) is 91.1 cm³/mol. The number of halogens is 1. The molecule has 0 fully saturated rings. The summed E-state index contributed by atoms with van der Waals surface area (Å²) in [7, 11) is 1.76. The van der Waals surface area contributed by atoms with Crippen LogP contribution in [0, 0.1) is 5.82 Å². The van der Waals surface area contributed by atoms with Crippen LogP contribution in [0.1, 0.15) is 32.0 Å². The highest BCUT2D eigenvalue weighted by atomic mass is 19.1. The van der Waals surface area contributed by atoms with E-state index in [4.69, 9.17) is 0 Å². The van der Waals surface area contributed by atoms with E-state index in [0.29, 0.717) is 10.9 Å². The van der Waals surface area contributed by atoms with Crippen molar-refractivity contribution in [1.82, 2.24) is 9.55 Å². The topological polar surface area (TPSA) is 34.9 Å². The molecule has 3 aromatic rings. The maximum absolute atomic E-state index is 13.4. The first-order valence-corrected chi connectivity index (χ1v) is 7.78. The Hall–Kier alpha value is -2.49. The van der Waals surface area contributed by atoms with Crippen LogP contribution < -0.4 is 5.56 Å². The lowest BCUT2D eigenvalue weighted by atomic mass is 10.0. The Kier molecular flexibility index (Phi) is 3.99. The van der Waals surface area contributed by atoms with Crippen molar-refractivity contribution in [3.63, 3.8) is 0 Å². The summed E-state index contributed by atoms with van der Waals surface area (Å²) in [5.41, 5.74) is 2.24. The van der Waals surface area contributed by atoms with Gasteiger partial charge < -0.3 is 0 Å². The fourth-order valence-electron chi connectivity index (χ4n) is 2.76. The largest absolute Gasteiger partial charge is 0.299 e. The molecule has 4 heteroatoms. The van der Waals surface area contributed by atoms with Gasteiger partial charge in [0.1, 0.15) is 11.6 Å². The molecule has 0 saturated heterocycles. The second-order valence-corrected chi connectivity index (χ2v) is 5.89. The van der Waals surface area contributed by atoms with Gasteiger partial charge in [-0.25, -0.2) is 9.37 Å². The first-order valence-electron chi connectivity index (χ1n) is 7.78. The molecule has 0 N–H and O–H groups in total. The Bertz CT molecular complexity index is 930. The van der Waals surface area contributed by atoms with Crippen molar-refractivity contribution in [2.24, 2.45) is 7.05 Å². The number of rotatable bonds is 3. The number of hydrogen-bond acceptors (Lipinski definition) is 2. The van der Waals surface area contributed by atoms with E-state index in [9.17, 15) is 9.18 Å². The average Bonchev–Trinajstić information content (AvgIpc) is 2.57. The van der Waals surface area contributed by atoms with Crippen molar-refractivity contribution in [2.75, 3.05) is 0 Å². The van der Waals surface area contributed by atoms with Crippen LogP contribution in [0.4, 0.5) is 4.39 Å². The normalized spacial score (nSPS) is 12.5. The van der Waals surface area contributed by atoms with Crippen LogP contribution in [-0.4, -0.2) is 9.55 Å². The predicted octanol–water partition coefficient (Wildman–Crippen LogP) is 4.25. The van der Waals surface area contributed by atoms with Gasteiger partial charge in [0.25, 0.3) is 5.56 Å². The minimum Gasteiger partial charge on any atom is -0.299 e. The molecule has 1 aromatic heterocycles. The summed E-state index contributed by atoms with van der Waals surface area (Å²) in [6.07, 6.45) is 0.912. The van der Waals surface area contributed by atoms with E-state index in [0.717, 1.165) is 23.4 Å². The second-order valence-electron chi connectivity index (χ2n) is 5.89. The lowest BCUT2D eigenvalue weighted by molar-refractivity contribution is 0.620.